The minimum atomic E-state index is -0.498. The van der Waals surface area contributed by atoms with Crippen molar-refractivity contribution in [1.29, 1.82) is 0 Å². The molecule has 0 aromatic heterocycles. The summed E-state index contributed by atoms with van der Waals surface area (Å²) in [5.41, 5.74) is 1.14. The maximum absolute atomic E-state index is 12.9. The molecule has 0 N–H and O–H groups in total. The lowest BCUT2D eigenvalue weighted by atomic mass is 10.1. The summed E-state index contributed by atoms with van der Waals surface area (Å²) in [4.78, 5) is 37.5. The van der Waals surface area contributed by atoms with Crippen LogP contribution >= 0.6 is 11.6 Å². The van der Waals surface area contributed by atoms with E-state index in [4.69, 9.17) is 16.6 Å². The van der Waals surface area contributed by atoms with E-state index in [1.807, 2.05) is 18.2 Å². The molecular formula is C22H30ClN6O2+. The fourth-order valence-corrected chi connectivity index (χ4v) is 4.58. The zero-order valence-electron chi connectivity index (χ0n) is 18.4. The smallest absolute Gasteiger partial charge is 0.333 e. The highest BCUT2D eigenvalue weighted by atomic mass is 35.5. The molecule has 0 saturated carbocycles. The Morgan fingerprint density at radius 3 is 2.55 bits per heavy atom. The first-order valence-corrected chi connectivity index (χ1v) is 11.3. The van der Waals surface area contributed by atoms with E-state index in [9.17, 15) is 9.59 Å². The topological polar surface area (TPSA) is 62.5 Å². The van der Waals surface area contributed by atoms with Crippen LogP contribution in [0.2, 0.25) is 5.02 Å². The lowest BCUT2D eigenvalue weighted by Gasteiger charge is -2.35. The maximum atomic E-state index is 12.9. The lowest BCUT2D eigenvalue weighted by Crippen LogP contribution is -2.61. The zero-order valence-corrected chi connectivity index (χ0v) is 19.2. The van der Waals surface area contributed by atoms with Gasteiger partial charge in [0.2, 0.25) is 0 Å². The number of benzene rings is 1. The number of imide groups is 1. The Labute approximate surface area is 188 Å². The summed E-state index contributed by atoms with van der Waals surface area (Å²) < 4.78 is 2.10. The summed E-state index contributed by atoms with van der Waals surface area (Å²) >= 11 is 6.15. The standard InChI is InChI=1S/C22H30ClN6O2/c1-4-5-9-29-18(24-20-19(29)21(30)26(3)22(31)25(20)2)15-27-10-12-28(13-11-27)17-8-6-7-16(23)14-17/h6-8,14,19H,4-5,9-13,15H2,1-3H3/q+1. The average Bonchev–Trinajstić information content (AvgIpc) is 3.13. The van der Waals surface area contributed by atoms with Gasteiger partial charge in [-0.1, -0.05) is 31.0 Å². The molecule has 1 unspecified atom stereocenters. The van der Waals surface area contributed by atoms with Crippen molar-refractivity contribution >= 4 is 40.9 Å². The largest absolute Gasteiger partial charge is 0.369 e. The van der Waals surface area contributed by atoms with Crippen LogP contribution in [0.4, 0.5) is 10.5 Å². The number of hydrogen-bond acceptors (Lipinski definition) is 5. The number of fused-ring (bicyclic) bond motifs is 1. The van der Waals surface area contributed by atoms with Crippen LogP contribution < -0.4 is 4.90 Å². The summed E-state index contributed by atoms with van der Waals surface area (Å²) in [5, 5.41) is 0.750. The van der Waals surface area contributed by atoms with Crippen LogP contribution in [0.25, 0.3) is 0 Å². The minimum absolute atomic E-state index is 0.196. The fourth-order valence-electron chi connectivity index (χ4n) is 4.40. The second kappa shape index (κ2) is 8.96. The third kappa shape index (κ3) is 4.19. The van der Waals surface area contributed by atoms with Crippen LogP contribution in [0.5, 0.6) is 0 Å². The summed E-state index contributed by atoms with van der Waals surface area (Å²) in [5.74, 6) is 1.24. The van der Waals surface area contributed by atoms with Gasteiger partial charge in [-0.3, -0.25) is 19.5 Å². The molecule has 9 heteroatoms. The van der Waals surface area contributed by atoms with E-state index in [2.05, 4.69) is 27.4 Å². The predicted octanol–water partition coefficient (Wildman–Crippen LogP) is 1.98. The van der Waals surface area contributed by atoms with Gasteiger partial charge in [0.05, 0.1) is 6.54 Å². The molecule has 3 aliphatic heterocycles. The molecule has 1 aromatic carbocycles. The number of hydrogen-bond donors (Lipinski definition) is 0. The number of rotatable bonds is 6. The van der Waals surface area contributed by atoms with Crippen LogP contribution in [0.3, 0.4) is 0 Å². The summed E-state index contributed by atoms with van der Waals surface area (Å²) in [6.45, 7) is 7.17. The minimum Gasteiger partial charge on any atom is -0.369 e. The molecule has 31 heavy (non-hydrogen) atoms. The third-order valence-corrected chi connectivity index (χ3v) is 6.51. The number of amides is 3. The Morgan fingerprint density at radius 1 is 1.13 bits per heavy atom. The number of unbranched alkanes of at least 4 members (excludes halogenated alkanes) is 1. The van der Waals surface area contributed by atoms with Gasteiger partial charge >= 0.3 is 11.9 Å². The first-order valence-electron chi connectivity index (χ1n) is 10.9. The molecule has 0 aliphatic carbocycles. The van der Waals surface area contributed by atoms with Crippen LogP contribution in [0, 0.1) is 0 Å². The van der Waals surface area contributed by atoms with E-state index in [1.165, 1.54) is 9.80 Å². The van der Waals surface area contributed by atoms with Crippen molar-refractivity contribution in [3.63, 3.8) is 0 Å². The molecule has 1 atom stereocenters. The number of piperazine rings is 1. The molecule has 3 heterocycles. The molecule has 0 radical (unpaired) electrons. The van der Waals surface area contributed by atoms with Crippen LogP contribution in [0.1, 0.15) is 19.8 Å². The van der Waals surface area contributed by atoms with Gasteiger partial charge in [0.25, 0.3) is 17.8 Å². The number of urea groups is 1. The van der Waals surface area contributed by atoms with Crippen LogP contribution in [-0.2, 0) is 4.79 Å². The molecule has 1 aromatic rings. The summed E-state index contributed by atoms with van der Waals surface area (Å²) in [7, 11) is 3.24. The molecule has 3 amide bonds. The molecule has 8 nitrogen and oxygen atoms in total. The van der Waals surface area contributed by atoms with Crippen molar-refractivity contribution < 1.29 is 14.2 Å². The van der Waals surface area contributed by atoms with E-state index < -0.39 is 6.04 Å². The quantitative estimate of drug-likeness (QED) is 0.628. The zero-order chi connectivity index (χ0) is 22.1. The Morgan fingerprint density at radius 2 is 1.87 bits per heavy atom. The molecule has 4 rings (SSSR count). The second-order valence-electron chi connectivity index (χ2n) is 8.32. The SMILES string of the molecule is CCCC[N+]1=C(CN2CCN(c3cccc(Cl)c3)CC2)N=C2C1C(=O)N(C)C(=O)N2C. The van der Waals surface area contributed by atoms with Gasteiger partial charge in [0.15, 0.2) is 0 Å². The van der Waals surface area contributed by atoms with Crippen molar-refractivity contribution in [2.24, 2.45) is 4.99 Å². The number of halogens is 1. The monoisotopic (exact) mass is 445 g/mol. The first kappa shape index (κ1) is 21.8. The number of carbonyl (C=O) groups is 2. The Kier molecular flexibility index (Phi) is 6.29. The van der Waals surface area contributed by atoms with E-state index in [0.29, 0.717) is 12.4 Å². The number of anilines is 1. The molecule has 2 fully saturated rings. The maximum Gasteiger partial charge on any atom is 0.333 e. The van der Waals surface area contributed by atoms with Gasteiger partial charge < -0.3 is 4.90 Å². The Hall–Kier alpha value is -2.45. The first-order chi connectivity index (χ1) is 14.9. The van der Waals surface area contributed by atoms with Crippen molar-refractivity contribution in [3.05, 3.63) is 29.3 Å². The second-order valence-corrected chi connectivity index (χ2v) is 8.75. The van der Waals surface area contributed by atoms with Gasteiger partial charge in [-0.2, -0.15) is 0 Å². The molecule has 166 valence electrons. The third-order valence-electron chi connectivity index (χ3n) is 6.28. The normalized spacial score (nSPS) is 22.4. The number of aliphatic imine (C=N–C) groups is 1. The highest BCUT2D eigenvalue weighted by molar-refractivity contribution is 6.30. The van der Waals surface area contributed by atoms with Crippen molar-refractivity contribution in [3.8, 4) is 0 Å². The Balaban J connectivity index is 1.50. The average molecular weight is 446 g/mol. The van der Waals surface area contributed by atoms with E-state index in [-0.39, 0.29) is 11.9 Å². The van der Waals surface area contributed by atoms with Crippen molar-refractivity contribution in [2.75, 3.05) is 58.3 Å². The van der Waals surface area contributed by atoms with E-state index in [1.54, 1.807) is 14.1 Å². The van der Waals surface area contributed by atoms with E-state index in [0.717, 1.165) is 62.1 Å². The summed E-state index contributed by atoms with van der Waals surface area (Å²) in [6, 6.07) is 7.14. The highest BCUT2D eigenvalue weighted by Crippen LogP contribution is 2.22. The molecule has 0 spiro atoms. The van der Waals surface area contributed by atoms with Crippen molar-refractivity contribution in [1.82, 2.24) is 14.7 Å². The number of amidine groups is 2. The summed E-state index contributed by atoms with van der Waals surface area (Å²) in [6.07, 6.45) is 2.00. The van der Waals surface area contributed by atoms with E-state index >= 15 is 0 Å². The number of nitrogens with zero attached hydrogens (tertiary/aromatic N) is 6. The van der Waals surface area contributed by atoms with Crippen molar-refractivity contribution in [2.45, 2.75) is 25.8 Å². The van der Waals surface area contributed by atoms with Gasteiger partial charge in [-0.05, 0) is 29.6 Å². The van der Waals surface area contributed by atoms with Gasteiger partial charge in [0, 0.05) is 51.0 Å². The van der Waals surface area contributed by atoms with Gasteiger partial charge in [-0.15, -0.1) is 0 Å². The molecule has 2 saturated heterocycles. The molecule has 3 aliphatic rings. The van der Waals surface area contributed by atoms with Crippen LogP contribution in [-0.4, -0.2) is 102 Å². The number of carbonyl (C=O) groups excluding carboxylic acids is 2. The number of likely N-dealkylation sites (N-methyl/N-ethyl adjacent to an activating group) is 2. The molecular weight excluding hydrogens is 416 g/mol. The Bertz CT molecular complexity index is 938. The van der Waals surface area contributed by atoms with Gasteiger partial charge in [-0.25, -0.2) is 9.37 Å². The highest BCUT2D eigenvalue weighted by Gasteiger charge is 2.52. The molecule has 0 bridgehead atoms. The fraction of sp³-hybridized carbons (Fsp3) is 0.545. The van der Waals surface area contributed by atoms with Crippen LogP contribution in [0.15, 0.2) is 29.3 Å². The lowest BCUT2D eigenvalue weighted by molar-refractivity contribution is -0.536. The predicted molar refractivity (Wildman–Crippen MR) is 122 cm³/mol. The van der Waals surface area contributed by atoms with Gasteiger partial charge in [0.1, 0.15) is 6.54 Å².